The molecule has 1 aromatic rings. The van der Waals surface area contributed by atoms with E-state index in [1.165, 1.54) is 31.5 Å². The Morgan fingerprint density at radius 3 is 2.32 bits per heavy atom. The van der Waals surface area contributed by atoms with Crippen LogP contribution in [0.3, 0.4) is 0 Å². The van der Waals surface area contributed by atoms with Crippen LogP contribution < -0.4 is 16.5 Å². The zero-order valence-corrected chi connectivity index (χ0v) is 16.2. The molecule has 0 radical (unpaired) electrons. The number of nitrogens with two attached hydrogens (primary N) is 1. The van der Waals surface area contributed by atoms with E-state index in [1.54, 1.807) is 12.1 Å². The van der Waals surface area contributed by atoms with Crippen LogP contribution in [-0.4, -0.2) is 56.9 Å². The lowest BCUT2D eigenvalue weighted by Gasteiger charge is -2.29. The molecule has 0 aromatic heterocycles. The topological polar surface area (TPSA) is 145 Å². The summed E-state index contributed by atoms with van der Waals surface area (Å²) in [6, 6.07) is 4.97. The average molecular weight is 408 g/mol. The highest BCUT2D eigenvalue weighted by atomic mass is 35.5. The molecule has 2 atom stereocenters. The minimum atomic E-state index is -1.70. The quantitative estimate of drug-likeness (QED) is 0.160. The lowest BCUT2D eigenvalue weighted by atomic mass is 9.95. The predicted molar refractivity (Wildman–Crippen MR) is 103 cm³/mol. The minimum absolute atomic E-state index is 0.253. The Morgan fingerprint density at radius 1 is 1.25 bits per heavy atom. The fraction of sp³-hybridized carbons (Fsp3) is 0.368. The van der Waals surface area contributed by atoms with Gasteiger partial charge in [-0.25, -0.2) is 5.48 Å². The van der Waals surface area contributed by atoms with E-state index in [9.17, 15) is 14.7 Å². The number of hydroxylamine groups is 1. The number of rotatable bonds is 6. The van der Waals surface area contributed by atoms with Crippen LogP contribution in [0.2, 0.25) is 0 Å². The summed E-state index contributed by atoms with van der Waals surface area (Å²) in [5.74, 6) is 8.36. The van der Waals surface area contributed by atoms with Gasteiger partial charge in [-0.15, -0.1) is 11.6 Å². The summed E-state index contributed by atoms with van der Waals surface area (Å²) < 4.78 is 0. The van der Waals surface area contributed by atoms with Crippen molar-refractivity contribution >= 4 is 23.4 Å². The number of hydrogen-bond donors (Lipinski definition) is 6. The molecule has 1 aromatic carbocycles. The number of aliphatic hydroxyl groups excluding tert-OH is 1. The van der Waals surface area contributed by atoms with Crippen LogP contribution in [0, 0.1) is 23.7 Å². The van der Waals surface area contributed by atoms with Gasteiger partial charge in [0.25, 0.3) is 11.8 Å². The Kier molecular flexibility index (Phi) is 8.45. The van der Waals surface area contributed by atoms with Gasteiger partial charge in [-0.1, -0.05) is 11.8 Å². The fourth-order valence-corrected chi connectivity index (χ4v) is 2.09. The van der Waals surface area contributed by atoms with Gasteiger partial charge in [0.05, 0.1) is 12.5 Å². The smallest absolute Gasteiger partial charge is 0.267 e. The van der Waals surface area contributed by atoms with Crippen molar-refractivity contribution in [2.45, 2.75) is 31.0 Å². The first kappa shape index (κ1) is 23.4. The molecule has 8 nitrogen and oxygen atoms in total. The Balaban J connectivity index is 2.88. The van der Waals surface area contributed by atoms with Crippen LogP contribution in [0.4, 0.5) is 0 Å². The third kappa shape index (κ3) is 6.86. The van der Waals surface area contributed by atoms with Crippen LogP contribution in [0.5, 0.6) is 0 Å². The fourth-order valence-electron chi connectivity index (χ4n) is 1.94. The van der Waals surface area contributed by atoms with E-state index in [4.69, 9.17) is 27.6 Å². The van der Waals surface area contributed by atoms with E-state index in [1.807, 2.05) is 0 Å². The molecule has 0 aliphatic rings. The summed E-state index contributed by atoms with van der Waals surface area (Å²) in [4.78, 5) is 24.0. The number of alkyl halides is 1. The SMILES string of the molecule is CC(C)(N)[C@H](NC(=O)c1ccc(C#CC#CC(O)(CO)CCl)cc1)C(=O)NO. The van der Waals surface area contributed by atoms with E-state index in [0.717, 1.165) is 0 Å². The molecule has 0 aliphatic carbocycles. The molecule has 2 amide bonds. The predicted octanol–water partition coefficient (Wildman–Crippen LogP) is -0.655. The second kappa shape index (κ2) is 10.1. The van der Waals surface area contributed by atoms with Gasteiger partial charge in [0.15, 0.2) is 5.60 Å². The van der Waals surface area contributed by atoms with E-state index in [0.29, 0.717) is 5.56 Å². The maximum atomic E-state index is 12.3. The zero-order chi connectivity index (χ0) is 21.4. The van der Waals surface area contributed by atoms with Gasteiger partial charge in [0.2, 0.25) is 0 Å². The molecule has 1 rings (SSSR count). The van der Waals surface area contributed by atoms with E-state index < -0.39 is 35.6 Å². The number of nitrogens with one attached hydrogen (secondary N) is 2. The number of halogens is 1. The van der Waals surface area contributed by atoms with E-state index in [2.05, 4.69) is 29.0 Å². The molecule has 0 saturated heterocycles. The van der Waals surface area contributed by atoms with Crippen LogP contribution in [0.25, 0.3) is 0 Å². The number of carbonyl (C=O) groups excluding carboxylic acids is 2. The van der Waals surface area contributed by atoms with Gasteiger partial charge in [-0.2, -0.15) is 0 Å². The van der Waals surface area contributed by atoms with Crippen molar-refractivity contribution < 1.29 is 25.0 Å². The molecule has 0 fully saturated rings. The lowest BCUT2D eigenvalue weighted by molar-refractivity contribution is -0.132. The molecule has 28 heavy (non-hydrogen) atoms. The number of carbonyl (C=O) groups is 2. The first-order valence-electron chi connectivity index (χ1n) is 8.12. The zero-order valence-electron chi connectivity index (χ0n) is 15.4. The summed E-state index contributed by atoms with van der Waals surface area (Å²) in [6.07, 6.45) is 0. The highest BCUT2D eigenvalue weighted by Gasteiger charge is 2.33. The number of benzene rings is 1. The van der Waals surface area contributed by atoms with Gasteiger partial charge in [-0.05, 0) is 50.0 Å². The molecular formula is C19H22ClN3O5. The largest absolute Gasteiger partial charge is 0.392 e. The summed E-state index contributed by atoms with van der Waals surface area (Å²) in [7, 11) is 0. The third-order valence-corrected chi connectivity index (χ3v) is 4.03. The van der Waals surface area contributed by atoms with E-state index >= 15 is 0 Å². The molecule has 9 heteroatoms. The van der Waals surface area contributed by atoms with Crippen LogP contribution in [0.15, 0.2) is 24.3 Å². The van der Waals surface area contributed by atoms with Crippen molar-refractivity contribution in [3.63, 3.8) is 0 Å². The van der Waals surface area contributed by atoms with Gasteiger partial charge in [0, 0.05) is 16.7 Å². The first-order valence-corrected chi connectivity index (χ1v) is 8.66. The maximum Gasteiger partial charge on any atom is 0.267 e. The summed E-state index contributed by atoms with van der Waals surface area (Å²) in [5.41, 5.74) is 5.34. The van der Waals surface area contributed by atoms with Crippen LogP contribution in [0.1, 0.15) is 29.8 Å². The molecule has 0 heterocycles. The molecule has 7 N–H and O–H groups in total. The highest BCUT2D eigenvalue weighted by Crippen LogP contribution is 2.09. The Bertz CT molecular complexity index is 822. The van der Waals surface area contributed by atoms with Crippen LogP contribution in [-0.2, 0) is 4.79 Å². The average Bonchev–Trinajstić information content (AvgIpc) is 2.68. The molecule has 0 saturated carbocycles. The molecular weight excluding hydrogens is 386 g/mol. The van der Waals surface area contributed by atoms with E-state index in [-0.39, 0.29) is 11.4 Å². The summed E-state index contributed by atoms with van der Waals surface area (Å²) >= 11 is 5.50. The van der Waals surface area contributed by atoms with Gasteiger partial charge in [-0.3, -0.25) is 14.8 Å². The van der Waals surface area contributed by atoms with Crippen molar-refractivity contribution in [2.24, 2.45) is 5.73 Å². The highest BCUT2D eigenvalue weighted by molar-refractivity contribution is 6.18. The molecule has 0 aliphatic heterocycles. The molecule has 1 unspecified atom stereocenters. The number of aliphatic hydroxyl groups is 2. The second-order valence-corrected chi connectivity index (χ2v) is 6.87. The third-order valence-electron chi connectivity index (χ3n) is 3.59. The standard InChI is InChI=1S/C19H22ClN3O5/c1-18(2,21)15(17(26)23-28)22-16(25)14-8-6-13(7-9-14)5-3-4-10-19(27,11-20)12-24/h6-9,15,24,27-28H,11-12,21H2,1-2H3,(H,22,25)(H,23,26)/t15-,19?/m1/s1. The minimum Gasteiger partial charge on any atom is -0.392 e. The number of amides is 2. The Morgan fingerprint density at radius 2 is 1.86 bits per heavy atom. The van der Waals surface area contributed by atoms with Gasteiger partial charge < -0.3 is 21.3 Å². The molecule has 0 spiro atoms. The van der Waals surface area contributed by atoms with Crippen molar-refractivity contribution in [3.05, 3.63) is 35.4 Å². The van der Waals surface area contributed by atoms with Crippen LogP contribution >= 0.6 is 11.6 Å². The van der Waals surface area contributed by atoms with Crippen molar-refractivity contribution in [3.8, 4) is 23.7 Å². The molecule has 150 valence electrons. The van der Waals surface area contributed by atoms with Crippen molar-refractivity contribution in [1.82, 2.24) is 10.8 Å². The Hall–Kier alpha value is -2.59. The first-order chi connectivity index (χ1) is 13.1. The molecule has 0 bridgehead atoms. The van der Waals surface area contributed by atoms with Crippen molar-refractivity contribution in [1.29, 1.82) is 0 Å². The summed E-state index contributed by atoms with van der Waals surface area (Å²) in [5, 5.41) is 29.9. The van der Waals surface area contributed by atoms with Gasteiger partial charge in [0.1, 0.15) is 6.04 Å². The van der Waals surface area contributed by atoms with Crippen molar-refractivity contribution in [2.75, 3.05) is 12.5 Å². The van der Waals surface area contributed by atoms with Gasteiger partial charge >= 0.3 is 0 Å². The monoisotopic (exact) mass is 407 g/mol. The lowest BCUT2D eigenvalue weighted by Crippen LogP contribution is -2.61. The Labute approximate surface area is 168 Å². The maximum absolute atomic E-state index is 12.3. The summed E-state index contributed by atoms with van der Waals surface area (Å²) in [6.45, 7) is 2.47. The normalized spacial score (nSPS) is 13.7. The number of hydrogen-bond acceptors (Lipinski definition) is 6. The second-order valence-electron chi connectivity index (χ2n) is 6.60.